The van der Waals surface area contributed by atoms with Gasteiger partial charge in [-0.05, 0) is 41.5 Å². The zero-order valence-electron chi connectivity index (χ0n) is 12.5. The molecule has 21 heavy (non-hydrogen) atoms. The Morgan fingerprint density at radius 1 is 1.19 bits per heavy atom. The molecule has 0 unspecified atom stereocenters. The van der Waals surface area contributed by atoms with Gasteiger partial charge in [-0.2, -0.15) is 13.2 Å². The third kappa shape index (κ3) is 6.06. The molecule has 0 saturated heterocycles. The lowest BCUT2D eigenvalue weighted by atomic mass is 9.87. The fourth-order valence-corrected chi connectivity index (χ4v) is 1.90. The van der Waals surface area contributed by atoms with Gasteiger partial charge in [0.15, 0.2) is 0 Å². The molecule has 1 aromatic carbocycles. The van der Waals surface area contributed by atoms with E-state index in [1.807, 2.05) is 20.8 Å². The van der Waals surface area contributed by atoms with Gasteiger partial charge < -0.3 is 11.1 Å². The number of hydrogen-bond acceptors (Lipinski definition) is 1. The fraction of sp³-hybridized carbons (Fsp3) is 0.533. The maximum absolute atomic E-state index is 12.8. The first-order valence-electron chi connectivity index (χ1n) is 6.71. The van der Waals surface area contributed by atoms with Crippen molar-refractivity contribution in [2.75, 3.05) is 0 Å². The number of halogens is 3. The molecule has 2 amide bonds. The highest BCUT2D eigenvalue weighted by molar-refractivity contribution is 5.71. The lowest BCUT2D eigenvalue weighted by molar-refractivity contribution is -0.137. The van der Waals surface area contributed by atoms with Crippen LogP contribution in [0.3, 0.4) is 0 Å². The molecule has 0 bridgehead atoms. The molecule has 0 radical (unpaired) electrons. The Morgan fingerprint density at radius 3 is 2.29 bits per heavy atom. The highest BCUT2D eigenvalue weighted by Gasteiger charge is 2.31. The monoisotopic (exact) mass is 302 g/mol. The van der Waals surface area contributed by atoms with Gasteiger partial charge in [0.05, 0.1) is 5.56 Å². The van der Waals surface area contributed by atoms with E-state index in [1.165, 1.54) is 6.07 Å². The summed E-state index contributed by atoms with van der Waals surface area (Å²) in [7, 11) is 0. The van der Waals surface area contributed by atoms with Crippen molar-refractivity contribution in [2.45, 2.75) is 46.3 Å². The number of hydrogen-bond donors (Lipinski definition) is 2. The molecule has 0 aliphatic carbocycles. The van der Waals surface area contributed by atoms with Crippen molar-refractivity contribution in [1.29, 1.82) is 0 Å². The van der Waals surface area contributed by atoms with Gasteiger partial charge in [-0.15, -0.1) is 0 Å². The number of carbonyl (C=O) groups excluding carboxylic acids is 1. The van der Waals surface area contributed by atoms with E-state index in [2.05, 4.69) is 5.32 Å². The summed E-state index contributed by atoms with van der Waals surface area (Å²) < 4.78 is 38.4. The van der Waals surface area contributed by atoms with E-state index in [4.69, 9.17) is 5.73 Å². The van der Waals surface area contributed by atoms with Crippen molar-refractivity contribution >= 4 is 6.03 Å². The Bertz CT molecular complexity index is 505. The van der Waals surface area contributed by atoms with Crippen LogP contribution in [0.15, 0.2) is 18.2 Å². The summed E-state index contributed by atoms with van der Waals surface area (Å²) >= 11 is 0. The highest BCUT2D eigenvalue weighted by Crippen LogP contribution is 2.32. The van der Waals surface area contributed by atoms with Gasteiger partial charge in [-0.25, -0.2) is 4.79 Å². The minimum absolute atomic E-state index is 0.0165. The van der Waals surface area contributed by atoms with Crippen molar-refractivity contribution in [3.05, 3.63) is 34.9 Å². The molecule has 0 aliphatic heterocycles. The molecule has 118 valence electrons. The van der Waals surface area contributed by atoms with Gasteiger partial charge in [0.2, 0.25) is 0 Å². The first-order chi connectivity index (χ1) is 9.49. The number of carbonyl (C=O) groups is 1. The van der Waals surface area contributed by atoms with Crippen LogP contribution in [0.2, 0.25) is 0 Å². The lowest BCUT2D eigenvalue weighted by Crippen LogP contribution is -2.29. The average molecular weight is 302 g/mol. The van der Waals surface area contributed by atoms with E-state index >= 15 is 0 Å². The van der Waals surface area contributed by atoms with Crippen molar-refractivity contribution in [3.63, 3.8) is 0 Å². The van der Waals surface area contributed by atoms with Gasteiger partial charge in [0.25, 0.3) is 0 Å². The van der Waals surface area contributed by atoms with Crippen LogP contribution in [-0.2, 0) is 19.1 Å². The van der Waals surface area contributed by atoms with Crippen molar-refractivity contribution in [2.24, 2.45) is 11.1 Å². The Kier molecular flexibility index (Phi) is 5.25. The maximum atomic E-state index is 12.8. The summed E-state index contributed by atoms with van der Waals surface area (Å²) in [5.41, 5.74) is 5.60. The molecule has 0 spiro atoms. The fourth-order valence-electron chi connectivity index (χ4n) is 1.90. The normalized spacial score (nSPS) is 12.3. The van der Waals surface area contributed by atoms with Crippen LogP contribution in [-0.4, -0.2) is 6.03 Å². The third-order valence-electron chi connectivity index (χ3n) is 3.13. The molecule has 0 heterocycles. The standard InChI is InChI=1S/C15H21F3N2O/c1-14(2,3)7-6-10-8-12(15(16,17)18)5-4-11(10)9-20-13(19)21/h4-5,8H,6-7,9H2,1-3H3,(H3,19,20,21). The largest absolute Gasteiger partial charge is 0.416 e. The summed E-state index contributed by atoms with van der Waals surface area (Å²) in [4.78, 5) is 10.8. The lowest BCUT2D eigenvalue weighted by Gasteiger charge is -2.20. The second kappa shape index (κ2) is 6.37. The maximum Gasteiger partial charge on any atom is 0.416 e. The van der Waals surface area contributed by atoms with Crippen molar-refractivity contribution in [1.82, 2.24) is 5.32 Å². The number of amides is 2. The Morgan fingerprint density at radius 2 is 1.81 bits per heavy atom. The van der Waals surface area contributed by atoms with Crippen LogP contribution in [0.4, 0.5) is 18.0 Å². The Balaban J connectivity index is 3.03. The topological polar surface area (TPSA) is 55.1 Å². The van der Waals surface area contributed by atoms with E-state index < -0.39 is 17.8 Å². The number of primary amides is 1. The first kappa shape index (κ1) is 17.3. The molecule has 1 aromatic rings. The average Bonchev–Trinajstić information content (AvgIpc) is 2.32. The molecule has 0 aliphatic rings. The predicted molar refractivity (Wildman–Crippen MR) is 75.6 cm³/mol. The molecule has 3 nitrogen and oxygen atoms in total. The third-order valence-corrected chi connectivity index (χ3v) is 3.13. The van der Waals surface area contributed by atoms with Crippen LogP contribution in [0, 0.1) is 5.41 Å². The van der Waals surface area contributed by atoms with Gasteiger partial charge >= 0.3 is 12.2 Å². The van der Waals surface area contributed by atoms with Crippen molar-refractivity contribution < 1.29 is 18.0 Å². The van der Waals surface area contributed by atoms with E-state index in [9.17, 15) is 18.0 Å². The smallest absolute Gasteiger partial charge is 0.352 e. The second-order valence-electron chi connectivity index (χ2n) is 6.26. The predicted octanol–water partition coefficient (Wildman–Crippen LogP) is 3.85. The zero-order valence-corrected chi connectivity index (χ0v) is 12.5. The summed E-state index contributed by atoms with van der Waals surface area (Å²) in [6.45, 7) is 6.22. The number of alkyl halides is 3. The van der Waals surface area contributed by atoms with Gasteiger partial charge in [0.1, 0.15) is 0 Å². The van der Waals surface area contributed by atoms with Crippen LogP contribution in [0.25, 0.3) is 0 Å². The van der Waals surface area contributed by atoms with Crippen LogP contribution in [0.5, 0.6) is 0 Å². The molecule has 3 N–H and O–H groups in total. The van der Waals surface area contributed by atoms with E-state index in [0.717, 1.165) is 18.6 Å². The summed E-state index contributed by atoms with van der Waals surface area (Å²) in [6.07, 6.45) is -3.10. The van der Waals surface area contributed by atoms with Crippen LogP contribution in [0.1, 0.15) is 43.9 Å². The highest BCUT2D eigenvalue weighted by atomic mass is 19.4. The summed E-state index contributed by atoms with van der Waals surface area (Å²) in [5, 5.41) is 2.42. The molecule has 1 rings (SSSR count). The number of benzene rings is 1. The number of urea groups is 1. The molecule has 0 saturated carbocycles. The number of nitrogens with one attached hydrogen (secondary N) is 1. The van der Waals surface area contributed by atoms with E-state index in [1.54, 1.807) is 0 Å². The molecular formula is C15H21F3N2O. The first-order valence-corrected chi connectivity index (χ1v) is 6.71. The minimum Gasteiger partial charge on any atom is -0.352 e. The molecular weight excluding hydrogens is 281 g/mol. The minimum atomic E-state index is -4.37. The van der Waals surface area contributed by atoms with Gasteiger partial charge in [-0.1, -0.05) is 26.8 Å². The molecule has 0 aromatic heterocycles. The number of nitrogens with two attached hydrogens (primary N) is 1. The van der Waals surface area contributed by atoms with Crippen molar-refractivity contribution in [3.8, 4) is 0 Å². The number of aryl methyl sites for hydroxylation is 1. The zero-order chi connectivity index (χ0) is 16.3. The number of rotatable bonds is 4. The Labute approximate surface area is 122 Å². The van der Waals surface area contributed by atoms with E-state index in [0.29, 0.717) is 17.5 Å². The van der Waals surface area contributed by atoms with E-state index in [-0.39, 0.29) is 12.0 Å². The van der Waals surface area contributed by atoms with Crippen LogP contribution < -0.4 is 11.1 Å². The molecule has 0 atom stereocenters. The Hall–Kier alpha value is -1.72. The molecule has 0 fully saturated rings. The summed E-state index contributed by atoms with van der Waals surface area (Å²) in [5.74, 6) is 0. The second-order valence-corrected chi connectivity index (χ2v) is 6.26. The van der Waals surface area contributed by atoms with Gasteiger partial charge in [-0.3, -0.25) is 0 Å². The van der Waals surface area contributed by atoms with Gasteiger partial charge in [0, 0.05) is 6.54 Å². The summed E-state index contributed by atoms with van der Waals surface area (Å²) in [6, 6.07) is 2.88. The quantitative estimate of drug-likeness (QED) is 0.872. The molecule has 6 heteroatoms. The SMILES string of the molecule is CC(C)(C)CCc1cc(C(F)(F)F)ccc1CNC(N)=O. The van der Waals surface area contributed by atoms with Crippen LogP contribution >= 0.6 is 0 Å².